The molecule has 0 unspecified atom stereocenters. The van der Waals surface area contributed by atoms with Gasteiger partial charge in [-0.25, -0.2) is 0 Å². The predicted molar refractivity (Wildman–Crippen MR) is 142 cm³/mol. The summed E-state index contributed by atoms with van der Waals surface area (Å²) in [6.07, 6.45) is 2.39. The van der Waals surface area contributed by atoms with E-state index >= 15 is 0 Å². The van der Waals surface area contributed by atoms with Crippen LogP contribution in [0.15, 0.2) is 72.9 Å². The van der Waals surface area contributed by atoms with Gasteiger partial charge in [0.25, 0.3) is 0 Å². The van der Waals surface area contributed by atoms with Crippen LogP contribution in [0.25, 0.3) is 0 Å². The van der Waals surface area contributed by atoms with E-state index in [4.69, 9.17) is 0 Å². The highest BCUT2D eigenvalue weighted by Crippen LogP contribution is 2.52. The van der Waals surface area contributed by atoms with Gasteiger partial charge in [0.2, 0.25) is 5.91 Å². The number of rotatable bonds is 5. The Morgan fingerprint density at radius 1 is 0.778 bits per heavy atom. The van der Waals surface area contributed by atoms with E-state index < -0.39 is 5.41 Å². The SMILES string of the molecule is Cc1cc(C2(c3cc(C)c(O)c(C)c3)C(=O)N(CCc3ccccn3)c3ccccc32)cc(C)c1O. The number of carbonyl (C=O) groups is 1. The molecule has 0 saturated carbocycles. The van der Waals surface area contributed by atoms with Crippen LogP contribution in [0.5, 0.6) is 11.5 Å². The molecule has 1 aliphatic rings. The van der Waals surface area contributed by atoms with Crippen molar-refractivity contribution in [3.63, 3.8) is 0 Å². The molecule has 5 nitrogen and oxygen atoms in total. The zero-order valence-corrected chi connectivity index (χ0v) is 21.0. The highest BCUT2D eigenvalue weighted by molar-refractivity contribution is 6.13. The number of phenols is 2. The number of phenolic OH excluding ortho intramolecular Hbond substituents is 2. The molecule has 4 aromatic rings. The van der Waals surface area contributed by atoms with E-state index in [9.17, 15) is 15.0 Å². The van der Waals surface area contributed by atoms with Crippen molar-refractivity contribution in [2.24, 2.45) is 0 Å². The summed E-state index contributed by atoms with van der Waals surface area (Å²) in [6, 6.07) is 21.4. The fourth-order valence-corrected chi connectivity index (χ4v) is 5.52. The first-order valence-electron chi connectivity index (χ1n) is 12.2. The first kappa shape index (κ1) is 23.6. The van der Waals surface area contributed by atoms with Crippen molar-refractivity contribution in [3.05, 3.63) is 118 Å². The number of anilines is 1. The van der Waals surface area contributed by atoms with Crippen molar-refractivity contribution in [1.82, 2.24) is 4.98 Å². The molecule has 1 aromatic heterocycles. The van der Waals surface area contributed by atoms with Crippen molar-refractivity contribution < 1.29 is 15.0 Å². The second kappa shape index (κ2) is 8.83. The average molecular weight is 479 g/mol. The molecule has 3 aromatic carbocycles. The maximum atomic E-state index is 14.7. The maximum Gasteiger partial charge on any atom is 0.246 e. The second-order valence-corrected chi connectivity index (χ2v) is 9.71. The lowest BCUT2D eigenvalue weighted by Crippen LogP contribution is -2.43. The Balaban J connectivity index is 1.77. The third kappa shape index (κ3) is 3.54. The maximum absolute atomic E-state index is 14.7. The summed E-state index contributed by atoms with van der Waals surface area (Å²) in [5, 5.41) is 21.1. The van der Waals surface area contributed by atoms with Crippen LogP contribution in [-0.2, 0) is 16.6 Å². The third-order valence-electron chi connectivity index (χ3n) is 7.33. The molecule has 182 valence electrons. The molecular weight excluding hydrogens is 448 g/mol. The molecule has 0 bridgehead atoms. The van der Waals surface area contributed by atoms with Gasteiger partial charge in [-0.15, -0.1) is 0 Å². The number of pyridine rings is 1. The number of aromatic hydroxyl groups is 2. The molecule has 5 heteroatoms. The number of hydrogen-bond acceptors (Lipinski definition) is 4. The van der Waals surface area contributed by atoms with E-state index in [-0.39, 0.29) is 17.4 Å². The first-order valence-corrected chi connectivity index (χ1v) is 12.2. The Bertz CT molecular complexity index is 1370. The van der Waals surface area contributed by atoms with E-state index in [1.54, 1.807) is 6.20 Å². The molecule has 2 N–H and O–H groups in total. The van der Waals surface area contributed by atoms with Crippen LogP contribution in [0, 0.1) is 27.7 Å². The zero-order valence-electron chi connectivity index (χ0n) is 21.0. The number of amides is 1. The zero-order chi connectivity index (χ0) is 25.6. The van der Waals surface area contributed by atoms with Crippen LogP contribution < -0.4 is 4.90 Å². The van der Waals surface area contributed by atoms with Crippen LogP contribution in [0.4, 0.5) is 5.69 Å². The number of benzene rings is 3. The highest BCUT2D eigenvalue weighted by Gasteiger charge is 2.53. The molecule has 0 atom stereocenters. The Hall–Kier alpha value is -4.12. The topological polar surface area (TPSA) is 73.7 Å². The Kier molecular flexibility index (Phi) is 5.79. The summed E-state index contributed by atoms with van der Waals surface area (Å²) in [7, 11) is 0. The Labute approximate surface area is 211 Å². The van der Waals surface area contributed by atoms with Crippen molar-refractivity contribution >= 4 is 11.6 Å². The molecule has 5 rings (SSSR count). The predicted octanol–water partition coefficient (Wildman–Crippen LogP) is 5.65. The van der Waals surface area contributed by atoms with E-state index in [0.717, 1.165) is 28.1 Å². The highest BCUT2D eigenvalue weighted by atomic mass is 16.3. The van der Waals surface area contributed by atoms with Crippen LogP contribution in [0.2, 0.25) is 0 Å². The van der Waals surface area contributed by atoms with Crippen LogP contribution in [-0.4, -0.2) is 27.6 Å². The summed E-state index contributed by atoms with van der Waals surface area (Å²) in [6.45, 7) is 7.92. The molecule has 0 aliphatic carbocycles. The molecule has 1 aliphatic heterocycles. The lowest BCUT2D eigenvalue weighted by atomic mass is 9.69. The summed E-state index contributed by atoms with van der Waals surface area (Å²) in [4.78, 5) is 21.0. The lowest BCUT2D eigenvalue weighted by molar-refractivity contribution is -0.120. The second-order valence-electron chi connectivity index (χ2n) is 9.71. The van der Waals surface area contributed by atoms with Crippen LogP contribution >= 0.6 is 0 Å². The van der Waals surface area contributed by atoms with Gasteiger partial charge in [-0.3, -0.25) is 9.78 Å². The molecule has 0 spiro atoms. The molecule has 0 fully saturated rings. The summed E-state index contributed by atoms with van der Waals surface area (Å²) < 4.78 is 0. The fraction of sp³-hybridized carbons (Fsp3) is 0.226. The van der Waals surface area contributed by atoms with Crippen molar-refractivity contribution in [1.29, 1.82) is 0 Å². The smallest absolute Gasteiger partial charge is 0.246 e. The third-order valence-corrected chi connectivity index (χ3v) is 7.33. The average Bonchev–Trinajstić information content (AvgIpc) is 3.12. The van der Waals surface area contributed by atoms with Crippen LogP contribution in [0.1, 0.15) is 44.6 Å². The lowest BCUT2D eigenvalue weighted by Gasteiger charge is -2.32. The standard InChI is InChI=1S/C31H30N2O3/c1-19-15-23(16-20(2)28(19)34)31(24-17-21(3)29(35)22(4)18-24)26-10-5-6-11-27(26)33(30(31)36)14-12-25-9-7-8-13-32-25/h5-11,13,15-18,34-35H,12,14H2,1-4H3. The fourth-order valence-electron chi connectivity index (χ4n) is 5.52. The van der Waals surface area contributed by atoms with Gasteiger partial charge in [-0.1, -0.05) is 48.5 Å². The minimum absolute atomic E-state index is 0.0476. The molecule has 0 radical (unpaired) electrons. The monoisotopic (exact) mass is 478 g/mol. The molecule has 2 heterocycles. The molecule has 1 amide bonds. The van der Waals surface area contributed by atoms with Gasteiger partial charge < -0.3 is 15.1 Å². The van der Waals surface area contributed by atoms with E-state index in [1.165, 1.54) is 0 Å². The Morgan fingerprint density at radius 3 is 1.83 bits per heavy atom. The van der Waals surface area contributed by atoms with Crippen molar-refractivity contribution in [3.8, 4) is 11.5 Å². The minimum Gasteiger partial charge on any atom is -0.507 e. The summed E-state index contributed by atoms with van der Waals surface area (Å²) in [5.41, 5.74) is 6.04. The number of carbonyl (C=O) groups excluding carboxylic acids is 1. The number of nitrogens with zero attached hydrogens (tertiary/aromatic N) is 2. The molecule has 0 saturated heterocycles. The van der Waals surface area contributed by atoms with Gasteiger partial charge >= 0.3 is 0 Å². The number of aromatic nitrogens is 1. The van der Waals surface area contributed by atoms with Crippen molar-refractivity contribution in [2.75, 3.05) is 11.4 Å². The van der Waals surface area contributed by atoms with Gasteiger partial charge in [0.05, 0.1) is 0 Å². The largest absolute Gasteiger partial charge is 0.507 e. The first-order chi connectivity index (χ1) is 17.2. The van der Waals surface area contributed by atoms with Crippen LogP contribution in [0.3, 0.4) is 0 Å². The minimum atomic E-state index is -1.12. The summed E-state index contributed by atoms with van der Waals surface area (Å²) >= 11 is 0. The van der Waals surface area contributed by atoms with Gasteiger partial charge in [-0.2, -0.15) is 0 Å². The van der Waals surface area contributed by atoms with Gasteiger partial charge in [0.1, 0.15) is 16.9 Å². The Morgan fingerprint density at radius 2 is 1.31 bits per heavy atom. The van der Waals surface area contributed by atoms with Gasteiger partial charge in [-0.05, 0) is 79.3 Å². The van der Waals surface area contributed by atoms with E-state index in [1.807, 2.05) is 99.3 Å². The number of aryl methyl sites for hydroxylation is 4. The van der Waals surface area contributed by atoms with Crippen molar-refractivity contribution in [2.45, 2.75) is 39.5 Å². The van der Waals surface area contributed by atoms with E-state index in [0.29, 0.717) is 35.2 Å². The number of hydrogen-bond donors (Lipinski definition) is 2. The molecular formula is C31H30N2O3. The van der Waals surface area contributed by atoms with Gasteiger partial charge in [0, 0.05) is 36.1 Å². The molecule has 36 heavy (non-hydrogen) atoms. The van der Waals surface area contributed by atoms with E-state index in [2.05, 4.69) is 4.98 Å². The number of para-hydroxylation sites is 1. The normalized spacial score (nSPS) is 14.2. The number of fused-ring (bicyclic) bond motifs is 1. The quantitative estimate of drug-likeness (QED) is 0.389. The summed E-state index contributed by atoms with van der Waals surface area (Å²) in [5.74, 6) is 0.420. The van der Waals surface area contributed by atoms with Gasteiger partial charge in [0.15, 0.2) is 0 Å².